The van der Waals surface area contributed by atoms with Gasteiger partial charge in [0.25, 0.3) is 0 Å². The van der Waals surface area contributed by atoms with Gasteiger partial charge in [0.1, 0.15) is 5.82 Å². The molecule has 0 bridgehead atoms. The molecule has 0 fully saturated rings. The lowest BCUT2D eigenvalue weighted by atomic mass is 10.4. The second-order valence-electron chi connectivity index (χ2n) is 1.65. The summed E-state index contributed by atoms with van der Waals surface area (Å²) < 4.78 is 0. The maximum Gasteiger partial charge on any atom is 0.148 e. The number of nitrogens with two attached hydrogens (primary N) is 1. The molecule has 56 valence electrons. The maximum atomic E-state index is 5.50. The molecule has 0 saturated heterocycles. The van der Waals surface area contributed by atoms with E-state index in [9.17, 15) is 0 Å². The van der Waals surface area contributed by atoms with Gasteiger partial charge in [-0.3, -0.25) is 0 Å². The predicted molar refractivity (Wildman–Crippen MR) is 44.6 cm³/mol. The van der Waals surface area contributed by atoms with Gasteiger partial charge in [-0.25, -0.2) is 4.99 Å². The van der Waals surface area contributed by atoms with E-state index in [1.807, 2.05) is 6.92 Å². The zero-order valence-corrected chi connectivity index (χ0v) is 6.39. The number of hydrogen-bond donors (Lipinski definition) is 2. The van der Waals surface area contributed by atoms with Gasteiger partial charge in [0.05, 0.1) is 5.70 Å². The van der Waals surface area contributed by atoms with E-state index in [4.69, 9.17) is 5.73 Å². The normalized spacial score (nSPS) is 13.0. The third-order valence-electron chi connectivity index (χ3n) is 0.988. The van der Waals surface area contributed by atoms with E-state index in [1.165, 1.54) is 0 Å². The van der Waals surface area contributed by atoms with Crippen LogP contribution in [0.5, 0.6) is 0 Å². The Hall–Kier alpha value is -1.25. The summed E-state index contributed by atoms with van der Waals surface area (Å²) in [5.74, 6) is 0.650. The Morgan fingerprint density at radius 1 is 1.70 bits per heavy atom. The fourth-order valence-electron chi connectivity index (χ4n) is 0.509. The van der Waals surface area contributed by atoms with E-state index in [0.29, 0.717) is 11.5 Å². The fourth-order valence-corrected chi connectivity index (χ4v) is 0.509. The van der Waals surface area contributed by atoms with Crippen LogP contribution in [0.1, 0.15) is 6.92 Å². The zero-order chi connectivity index (χ0) is 7.98. The van der Waals surface area contributed by atoms with E-state index >= 15 is 0 Å². The van der Waals surface area contributed by atoms with Crippen molar-refractivity contribution < 1.29 is 0 Å². The smallest absolute Gasteiger partial charge is 0.148 e. The summed E-state index contributed by atoms with van der Waals surface area (Å²) in [5, 5.41) is 2.84. The highest BCUT2D eigenvalue weighted by atomic mass is 15.0. The van der Waals surface area contributed by atoms with Crippen LogP contribution in [0, 0.1) is 0 Å². The quantitative estimate of drug-likeness (QED) is 0.444. The number of aliphatic imine (C=N–C) groups is 1. The lowest BCUT2D eigenvalue weighted by molar-refractivity contribution is 0.941. The van der Waals surface area contributed by atoms with E-state index < -0.39 is 0 Å². The van der Waals surface area contributed by atoms with Crippen LogP contribution < -0.4 is 11.1 Å². The van der Waals surface area contributed by atoms with Crippen LogP contribution in [0.3, 0.4) is 0 Å². The van der Waals surface area contributed by atoms with Crippen molar-refractivity contribution in [2.45, 2.75) is 6.92 Å². The van der Waals surface area contributed by atoms with Crippen LogP contribution in [-0.4, -0.2) is 13.3 Å². The van der Waals surface area contributed by atoms with Crippen molar-refractivity contribution in [3.63, 3.8) is 0 Å². The van der Waals surface area contributed by atoms with E-state index in [0.717, 1.165) is 0 Å². The highest BCUT2D eigenvalue weighted by Crippen LogP contribution is 1.94. The minimum Gasteiger partial charge on any atom is -0.396 e. The second kappa shape index (κ2) is 4.61. The molecule has 0 saturated carbocycles. The van der Waals surface area contributed by atoms with Crippen molar-refractivity contribution in [3.05, 3.63) is 24.2 Å². The maximum absolute atomic E-state index is 5.50. The highest BCUT2D eigenvalue weighted by molar-refractivity contribution is 5.55. The Kier molecular flexibility index (Phi) is 4.04. The molecule has 0 unspecified atom stereocenters. The monoisotopic (exact) mass is 139 g/mol. The minimum atomic E-state index is 0.556. The molecule has 0 aliphatic heterocycles. The van der Waals surface area contributed by atoms with Gasteiger partial charge in [-0.1, -0.05) is 6.58 Å². The molecule has 3 nitrogen and oxygen atoms in total. The Bertz CT molecular complexity index is 168. The van der Waals surface area contributed by atoms with E-state index in [-0.39, 0.29) is 0 Å². The Morgan fingerprint density at radius 2 is 2.30 bits per heavy atom. The van der Waals surface area contributed by atoms with Gasteiger partial charge in [0.15, 0.2) is 0 Å². The Labute approximate surface area is 61.3 Å². The first-order valence-electron chi connectivity index (χ1n) is 3.04. The fraction of sp³-hybridized carbons (Fsp3) is 0.286. The first kappa shape index (κ1) is 8.75. The first-order valence-corrected chi connectivity index (χ1v) is 3.04. The molecular weight excluding hydrogens is 126 g/mol. The predicted octanol–water partition coefficient (Wildman–Crippen LogP) is 0.610. The van der Waals surface area contributed by atoms with Gasteiger partial charge < -0.3 is 11.1 Å². The number of allylic oxidation sites excluding steroid dienone is 1. The topological polar surface area (TPSA) is 50.4 Å². The van der Waals surface area contributed by atoms with E-state index in [2.05, 4.69) is 16.9 Å². The van der Waals surface area contributed by atoms with E-state index in [1.54, 1.807) is 19.3 Å². The molecule has 0 aliphatic rings. The van der Waals surface area contributed by atoms with Crippen LogP contribution >= 0.6 is 0 Å². The first-order chi connectivity index (χ1) is 4.76. The van der Waals surface area contributed by atoms with Crippen molar-refractivity contribution >= 4 is 6.21 Å². The van der Waals surface area contributed by atoms with Crippen molar-refractivity contribution in [2.75, 3.05) is 7.05 Å². The van der Waals surface area contributed by atoms with Gasteiger partial charge in [0.2, 0.25) is 0 Å². The molecule has 0 radical (unpaired) electrons. The summed E-state index contributed by atoms with van der Waals surface area (Å²) in [7, 11) is 1.76. The van der Waals surface area contributed by atoms with Crippen LogP contribution in [0.15, 0.2) is 29.2 Å². The zero-order valence-electron chi connectivity index (χ0n) is 6.39. The Morgan fingerprint density at radius 3 is 2.60 bits per heavy atom. The molecule has 3 heteroatoms. The third kappa shape index (κ3) is 2.35. The molecule has 0 heterocycles. The molecule has 0 aliphatic carbocycles. The lowest BCUT2D eigenvalue weighted by Crippen LogP contribution is -2.10. The van der Waals surface area contributed by atoms with Gasteiger partial charge in [-0.15, -0.1) is 0 Å². The molecule has 0 atom stereocenters. The van der Waals surface area contributed by atoms with Crippen molar-refractivity contribution in [1.29, 1.82) is 0 Å². The third-order valence-corrected chi connectivity index (χ3v) is 0.988. The SMILES string of the molecule is C=C/C(N)=C(\N=C/C)NC. The molecule has 0 spiro atoms. The summed E-state index contributed by atoms with van der Waals surface area (Å²) in [6, 6.07) is 0. The molecule has 0 rings (SSSR count). The van der Waals surface area contributed by atoms with Crippen LogP contribution in [-0.2, 0) is 0 Å². The summed E-state index contributed by atoms with van der Waals surface area (Å²) >= 11 is 0. The van der Waals surface area contributed by atoms with Gasteiger partial charge in [0, 0.05) is 13.3 Å². The van der Waals surface area contributed by atoms with Crippen LogP contribution in [0.25, 0.3) is 0 Å². The summed E-state index contributed by atoms with van der Waals surface area (Å²) in [6.07, 6.45) is 3.22. The number of nitrogens with zero attached hydrogens (tertiary/aromatic N) is 1. The molecular formula is C7H13N3. The molecule has 0 aromatic carbocycles. The Balaban J connectivity index is 4.44. The summed E-state index contributed by atoms with van der Waals surface area (Å²) in [5.41, 5.74) is 6.06. The van der Waals surface area contributed by atoms with Crippen LogP contribution in [0.2, 0.25) is 0 Å². The average molecular weight is 139 g/mol. The van der Waals surface area contributed by atoms with Gasteiger partial charge in [-0.2, -0.15) is 0 Å². The number of rotatable bonds is 3. The molecule has 10 heavy (non-hydrogen) atoms. The van der Waals surface area contributed by atoms with Crippen molar-refractivity contribution in [2.24, 2.45) is 10.7 Å². The van der Waals surface area contributed by atoms with Crippen molar-refractivity contribution in [3.8, 4) is 0 Å². The number of hydrogen-bond acceptors (Lipinski definition) is 3. The summed E-state index contributed by atoms with van der Waals surface area (Å²) in [6.45, 7) is 5.34. The van der Waals surface area contributed by atoms with Gasteiger partial charge >= 0.3 is 0 Å². The van der Waals surface area contributed by atoms with Crippen molar-refractivity contribution in [1.82, 2.24) is 5.32 Å². The average Bonchev–Trinajstić information content (AvgIpc) is 1.99. The number of nitrogens with one attached hydrogen (secondary N) is 1. The highest BCUT2D eigenvalue weighted by Gasteiger charge is 1.91. The summed E-state index contributed by atoms with van der Waals surface area (Å²) in [4.78, 5) is 3.96. The largest absolute Gasteiger partial charge is 0.396 e. The molecule has 0 amide bonds. The molecule has 0 aromatic rings. The van der Waals surface area contributed by atoms with Gasteiger partial charge in [-0.05, 0) is 13.0 Å². The molecule has 0 aromatic heterocycles. The second-order valence-corrected chi connectivity index (χ2v) is 1.65. The standard InChI is InChI=1S/C7H13N3/c1-4-6(8)7(9-3)10-5-2/h4-5,9H,1,8H2,2-3H3/b7-6+,10-5-. The van der Waals surface area contributed by atoms with Crippen LogP contribution in [0.4, 0.5) is 0 Å². The minimum absolute atomic E-state index is 0.556. The lowest BCUT2D eigenvalue weighted by Gasteiger charge is -2.00. The molecule has 3 N–H and O–H groups in total.